The molecule has 1 aliphatic rings. The highest BCUT2D eigenvalue weighted by Crippen LogP contribution is 2.35. The standard InChI is InChI=1S/C27H31ClFN7O2S/c1-16(2)36-22-13-17(12-21(29)24(22)33-25(36)27(3,4)37)23-20(28)15-31-26(34-23)32-18-7-10-35(11-8-18)39(38)19-6-5-9-30-14-19/h5-6,9,12-16,18,37H,7-8,10-11H2,1-4H3,(H,31,32,34). The number of aliphatic hydroxyl groups is 1. The fraction of sp³-hybridized carbons (Fsp3) is 0.407. The molecule has 0 radical (unpaired) electrons. The fourth-order valence-electron chi connectivity index (χ4n) is 4.83. The normalized spacial score (nSPS) is 16.2. The third kappa shape index (κ3) is 5.67. The Morgan fingerprint density at radius 3 is 2.59 bits per heavy atom. The summed E-state index contributed by atoms with van der Waals surface area (Å²) in [7, 11) is -1.25. The molecule has 3 aromatic heterocycles. The average molecular weight is 572 g/mol. The van der Waals surface area contributed by atoms with Crippen LogP contribution >= 0.6 is 11.6 Å². The summed E-state index contributed by atoms with van der Waals surface area (Å²) in [5.41, 5.74) is 0.367. The number of hydrogen-bond donors (Lipinski definition) is 2. The van der Waals surface area contributed by atoms with E-state index in [9.17, 15) is 9.32 Å². The lowest BCUT2D eigenvalue weighted by atomic mass is 10.1. The third-order valence-corrected chi connectivity index (χ3v) is 8.44. The largest absolute Gasteiger partial charge is 0.383 e. The van der Waals surface area contributed by atoms with Crippen molar-refractivity contribution in [1.82, 2.24) is 28.8 Å². The van der Waals surface area contributed by atoms with Gasteiger partial charge in [-0.1, -0.05) is 11.6 Å². The van der Waals surface area contributed by atoms with Gasteiger partial charge in [-0.25, -0.2) is 27.9 Å². The number of nitrogens with zero attached hydrogens (tertiary/aromatic N) is 6. The first-order chi connectivity index (χ1) is 18.5. The van der Waals surface area contributed by atoms with Gasteiger partial charge in [-0.3, -0.25) is 4.98 Å². The Bertz CT molecular complexity index is 1520. The number of rotatable bonds is 7. The van der Waals surface area contributed by atoms with Crippen LogP contribution in [0.2, 0.25) is 5.02 Å². The minimum atomic E-state index is -1.25. The van der Waals surface area contributed by atoms with E-state index in [1.807, 2.05) is 28.8 Å². The summed E-state index contributed by atoms with van der Waals surface area (Å²) in [6, 6.07) is 6.77. The monoisotopic (exact) mass is 571 g/mol. The molecular weight excluding hydrogens is 541 g/mol. The molecule has 1 saturated heterocycles. The zero-order chi connectivity index (χ0) is 27.9. The number of piperidine rings is 1. The van der Waals surface area contributed by atoms with E-state index >= 15 is 4.39 Å². The van der Waals surface area contributed by atoms with Crippen molar-refractivity contribution < 1.29 is 13.7 Å². The van der Waals surface area contributed by atoms with E-state index in [0.29, 0.717) is 51.6 Å². The number of halogens is 2. The molecule has 2 N–H and O–H groups in total. The first-order valence-corrected chi connectivity index (χ1v) is 14.3. The zero-order valence-electron chi connectivity index (χ0n) is 22.2. The summed E-state index contributed by atoms with van der Waals surface area (Å²) >= 11 is 6.49. The smallest absolute Gasteiger partial charge is 0.223 e. The van der Waals surface area contributed by atoms with E-state index in [1.54, 1.807) is 38.4 Å². The maximum Gasteiger partial charge on any atom is 0.223 e. The van der Waals surface area contributed by atoms with Crippen molar-refractivity contribution in [3.8, 4) is 11.3 Å². The Kier molecular flexibility index (Phi) is 7.69. The van der Waals surface area contributed by atoms with Crippen LogP contribution in [0.15, 0.2) is 47.8 Å². The van der Waals surface area contributed by atoms with Crippen LogP contribution in [0.3, 0.4) is 0 Å². The van der Waals surface area contributed by atoms with Gasteiger partial charge in [0.25, 0.3) is 0 Å². The summed E-state index contributed by atoms with van der Waals surface area (Å²) in [6.07, 6.45) is 6.30. The number of imidazole rings is 1. The van der Waals surface area contributed by atoms with Gasteiger partial charge in [0.15, 0.2) is 5.82 Å². The van der Waals surface area contributed by atoms with E-state index in [1.165, 1.54) is 12.3 Å². The number of nitrogens with one attached hydrogen (secondary N) is 1. The molecule has 12 heteroatoms. The van der Waals surface area contributed by atoms with Gasteiger partial charge in [-0.15, -0.1) is 0 Å². The van der Waals surface area contributed by atoms with Crippen molar-refractivity contribution >= 4 is 39.6 Å². The average Bonchev–Trinajstić information content (AvgIpc) is 3.32. The van der Waals surface area contributed by atoms with Gasteiger partial charge >= 0.3 is 0 Å². The lowest BCUT2D eigenvalue weighted by Crippen LogP contribution is -2.40. The molecule has 39 heavy (non-hydrogen) atoms. The SMILES string of the molecule is CC(C)n1c(C(C)(C)O)nc2c(F)cc(-c3nc(NC4CCN(S(=O)c5cccnc5)CC4)ncc3Cl)cc21. The lowest BCUT2D eigenvalue weighted by molar-refractivity contribution is 0.0641. The van der Waals surface area contributed by atoms with Gasteiger partial charge in [0.05, 0.1) is 27.3 Å². The molecule has 1 atom stereocenters. The summed E-state index contributed by atoms with van der Waals surface area (Å²) in [5.74, 6) is 0.248. The minimum Gasteiger partial charge on any atom is -0.383 e. The Hall–Kier alpha value is -2.99. The number of hydrogen-bond acceptors (Lipinski definition) is 7. The number of pyridine rings is 1. The molecule has 0 amide bonds. The second-order valence-corrected chi connectivity index (χ2v) is 12.4. The number of anilines is 1. The lowest BCUT2D eigenvalue weighted by Gasteiger charge is -2.31. The van der Waals surface area contributed by atoms with Gasteiger partial charge in [-0.05, 0) is 64.8 Å². The summed E-state index contributed by atoms with van der Waals surface area (Å²) in [5, 5.41) is 14.3. The summed E-state index contributed by atoms with van der Waals surface area (Å²) in [4.78, 5) is 18.2. The maximum atomic E-state index is 15.3. The topological polar surface area (TPSA) is 109 Å². The van der Waals surface area contributed by atoms with Crippen LogP contribution in [-0.2, 0) is 16.6 Å². The van der Waals surface area contributed by atoms with Crippen LogP contribution in [0.25, 0.3) is 22.3 Å². The van der Waals surface area contributed by atoms with Crippen LogP contribution in [0.5, 0.6) is 0 Å². The third-order valence-electron chi connectivity index (χ3n) is 6.69. The number of aromatic nitrogens is 5. The van der Waals surface area contributed by atoms with Crippen LogP contribution in [-0.4, -0.2) is 57.3 Å². The van der Waals surface area contributed by atoms with Gasteiger partial charge in [0, 0.05) is 43.1 Å². The molecule has 0 aliphatic carbocycles. The molecule has 5 rings (SSSR count). The molecule has 1 aliphatic heterocycles. The Balaban J connectivity index is 1.38. The predicted molar refractivity (Wildman–Crippen MR) is 150 cm³/mol. The molecule has 1 aromatic carbocycles. The van der Waals surface area contributed by atoms with Crippen molar-refractivity contribution in [3.63, 3.8) is 0 Å². The first-order valence-electron chi connectivity index (χ1n) is 12.8. The quantitative estimate of drug-likeness (QED) is 0.318. The van der Waals surface area contributed by atoms with Crippen LogP contribution in [0.1, 0.15) is 52.4 Å². The molecule has 9 nitrogen and oxygen atoms in total. The Labute approximate surface area is 234 Å². The first kappa shape index (κ1) is 27.6. The van der Waals surface area contributed by atoms with Crippen molar-refractivity contribution in [2.75, 3.05) is 18.4 Å². The zero-order valence-corrected chi connectivity index (χ0v) is 23.8. The second-order valence-electron chi connectivity index (χ2n) is 10.5. The van der Waals surface area contributed by atoms with Crippen LogP contribution in [0.4, 0.5) is 10.3 Å². The van der Waals surface area contributed by atoms with Crippen molar-refractivity contribution in [3.05, 3.63) is 59.5 Å². The number of benzene rings is 1. The fourth-order valence-corrected chi connectivity index (χ4v) is 6.22. The molecule has 1 fully saturated rings. The molecule has 4 heterocycles. The van der Waals surface area contributed by atoms with E-state index in [-0.39, 0.29) is 17.6 Å². The van der Waals surface area contributed by atoms with Crippen molar-refractivity contribution in [2.45, 2.75) is 63.1 Å². The van der Waals surface area contributed by atoms with Crippen molar-refractivity contribution in [1.29, 1.82) is 0 Å². The van der Waals surface area contributed by atoms with Gasteiger partial charge in [0.2, 0.25) is 5.95 Å². The highest BCUT2D eigenvalue weighted by atomic mass is 35.5. The second kappa shape index (κ2) is 10.9. The van der Waals surface area contributed by atoms with Crippen LogP contribution in [0, 0.1) is 5.82 Å². The maximum absolute atomic E-state index is 15.3. The minimum absolute atomic E-state index is 0.0671. The highest BCUT2D eigenvalue weighted by molar-refractivity contribution is 7.82. The van der Waals surface area contributed by atoms with Gasteiger partial charge in [-0.2, -0.15) is 0 Å². The summed E-state index contributed by atoms with van der Waals surface area (Å²) in [6.45, 7) is 8.46. The van der Waals surface area contributed by atoms with Gasteiger partial charge in [0.1, 0.15) is 27.9 Å². The molecule has 4 aromatic rings. The molecule has 0 saturated carbocycles. The summed E-state index contributed by atoms with van der Waals surface area (Å²) < 4.78 is 31.9. The van der Waals surface area contributed by atoms with E-state index in [0.717, 1.165) is 12.8 Å². The van der Waals surface area contributed by atoms with Crippen LogP contribution < -0.4 is 5.32 Å². The van der Waals surface area contributed by atoms with E-state index in [4.69, 9.17) is 11.6 Å². The molecule has 0 bridgehead atoms. The highest BCUT2D eigenvalue weighted by Gasteiger charge is 2.28. The predicted octanol–water partition coefficient (Wildman–Crippen LogP) is 5.09. The Morgan fingerprint density at radius 2 is 1.95 bits per heavy atom. The van der Waals surface area contributed by atoms with Gasteiger partial charge < -0.3 is 15.0 Å². The molecule has 0 spiro atoms. The molecule has 206 valence electrons. The van der Waals surface area contributed by atoms with E-state index in [2.05, 4.69) is 25.3 Å². The molecule has 1 unspecified atom stereocenters. The van der Waals surface area contributed by atoms with E-state index < -0.39 is 22.4 Å². The molecular formula is C27H31ClFN7O2S. The number of fused-ring (bicyclic) bond motifs is 1. The van der Waals surface area contributed by atoms with Crippen molar-refractivity contribution in [2.24, 2.45) is 0 Å². The Morgan fingerprint density at radius 1 is 1.21 bits per heavy atom.